The summed E-state index contributed by atoms with van der Waals surface area (Å²) in [5.41, 5.74) is 9.11. The number of carbonyl (C=O) groups is 2. The van der Waals surface area contributed by atoms with Crippen molar-refractivity contribution in [2.24, 2.45) is 0 Å². The number of aliphatic carboxylic acids is 1. The topological polar surface area (TPSA) is 105 Å². The molecule has 0 saturated carbocycles. The van der Waals surface area contributed by atoms with Crippen LogP contribution < -0.4 is 11.1 Å². The predicted octanol–water partition coefficient (Wildman–Crippen LogP) is 2.63. The van der Waals surface area contributed by atoms with E-state index in [1.807, 2.05) is 18.2 Å². The number of carboxylic acids is 1. The molecule has 6 heteroatoms. The maximum Gasteiger partial charge on any atom is 0.307 e. The SMILES string of the molecule is Nc1cccc2ccc(CC(=O)Nc3ccc(CC(=O)O)cc3)nc12. The summed E-state index contributed by atoms with van der Waals surface area (Å²) >= 11 is 0. The van der Waals surface area contributed by atoms with E-state index in [1.165, 1.54) is 0 Å². The Kier molecular flexibility index (Phi) is 4.61. The molecule has 0 unspecified atom stereocenters. The third-order valence-electron chi connectivity index (χ3n) is 3.74. The molecule has 0 radical (unpaired) electrons. The van der Waals surface area contributed by atoms with Gasteiger partial charge in [-0.15, -0.1) is 0 Å². The quantitative estimate of drug-likeness (QED) is 0.622. The zero-order valence-corrected chi connectivity index (χ0v) is 13.4. The Hall–Kier alpha value is -3.41. The van der Waals surface area contributed by atoms with E-state index in [-0.39, 0.29) is 18.7 Å². The van der Waals surface area contributed by atoms with Gasteiger partial charge < -0.3 is 16.2 Å². The number of nitrogens with zero attached hydrogens (tertiary/aromatic N) is 1. The van der Waals surface area contributed by atoms with E-state index in [0.717, 1.165) is 5.39 Å². The van der Waals surface area contributed by atoms with Crippen molar-refractivity contribution < 1.29 is 14.7 Å². The fourth-order valence-corrected chi connectivity index (χ4v) is 2.56. The minimum atomic E-state index is -0.890. The highest BCUT2D eigenvalue weighted by molar-refractivity contribution is 5.93. The highest BCUT2D eigenvalue weighted by atomic mass is 16.4. The lowest BCUT2D eigenvalue weighted by Crippen LogP contribution is -2.15. The van der Waals surface area contributed by atoms with Crippen molar-refractivity contribution in [1.29, 1.82) is 0 Å². The number of benzene rings is 2. The van der Waals surface area contributed by atoms with Crippen LogP contribution in [-0.2, 0) is 22.4 Å². The number of hydrogen-bond acceptors (Lipinski definition) is 4. The normalized spacial score (nSPS) is 10.6. The number of nitrogens with two attached hydrogens (primary N) is 1. The average molecular weight is 335 g/mol. The van der Waals surface area contributed by atoms with Crippen LogP contribution in [-0.4, -0.2) is 22.0 Å². The number of rotatable bonds is 5. The van der Waals surface area contributed by atoms with Crippen LogP contribution in [0.4, 0.5) is 11.4 Å². The molecule has 126 valence electrons. The summed E-state index contributed by atoms with van der Waals surface area (Å²) in [4.78, 5) is 27.3. The lowest BCUT2D eigenvalue weighted by Gasteiger charge is -2.07. The van der Waals surface area contributed by atoms with Gasteiger partial charge in [0.15, 0.2) is 0 Å². The molecule has 0 aliphatic carbocycles. The molecule has 3 rings (SSSR count). The highest BCUT2D eigenvalue weighted by Crippen LogP contribution is 2.19. The van der Waals surface area contributed by atoms with Gasteiger partial charge in [0.1, 0.15) is 0 Å². The first kappa shape index (κ1) is 16.4. The fourth-order valence-electron chi connectivity index (χ4n) is 2.56. The number of para-hydroxylation sites is 1. The molecule has 6 nitrogen and oxygen atoms in total. The van der Waals surface area contributed by atoms with E-state index in [0.29, 0.717) is 28.1 Å². The van der Waals surface area contributed by atoms with Gasteiger partial charge in [0.05, 0.1) is 29.7 Å². The Morgan fingerprint density at radius 1 is 1.00 bits per heavy atom. The van der Waals surface area contributed by atoms with Gasteiger partial charge in [-0.1, -0.05) is 30.3 Å². The molecule has 0 aliphatic rings. The van der Waals surface area contributed by atoms with E-state index in [4.69, 9.17) is 10.8 Å². The van der Waals surface area contributed by atoms with E-state index in [1.54, 1.807) is 36.4 Å². The van der Waals surface area contributed by atoms with Crippen molar-refractivity contribution in [1.82, 2.24) is 4.98 Å². The van der Waals surface area contributed by atoms with Gasteiger partial charge >= 0.3 is 5.97 Å². The van der Waals surface area contributed by atoms with Crippen molar-refractivity contribution in [2.75, 3.05) is 11.1 Å². The maximum absolute atomic E-state index is 12.2. The van der Waals surface area contributed by atoms with Crippen molar-refractivity contribution in [2.45, 2.75) is 12.8 Å². The second-order valence-corrected chi connectivity index (χ2v) is 5.71. The number of amides is 1. The number of nitrogens with one attached hydrogen (secondary N) is 1. The van der Waals surface area contributed by atoms with Crippen molar-refractivity contribution >= 4 is 34.2 Å². The second-order valence-electron chi connectivity index (χ2n) is 5.71. The summed E-state index contributed by atoms with van der Waals surface area (Å²) in [5.74, 6) is -1.09. The van der Waals surface area contributed by atoms with Crippen LogP contribution in [0.1, 0.15) is 11.3 Å². The van der Waals surface area contributed by atoms with Crippen LogP contribution in [0, 0.1) is 0 Å². The molecule has 4 N–H and O–H groups in total. The first-order valence-corrected chi connectivity index (χ1v) is 7.76. The summed E-state index contributed by atoms with van der Waals surface area (Å²) in [6.07, 6.45) is 0.0812. The van der Waals surface area contributed by atoms with E-state index in [2.05, 4.69) is 10.3 Å². The molecular weight excluding hydrogens is 318 g/mol. The van der Waals surface area contributed by atoms with E-state index >= 15 is 0 Å². The molecular formula is C19H17N3O3. The number of carboxylic acid groups (broad SMARTS) is 1. The standard InChI is InChI=1S/C19H17N3O3/c20-16-3-1-2-13-6-9-15(22-19(13)16)11-17(23)21-14-7-4-12(5-8-14)10-18(24)25/h1-9H,10-11,20H2,(H,21,23)(H,24,25). The van der Waals surface area contributed by atoms with Crippen LogP contribution in [0.15, 0.2) is 54.6 Å². The van der Waals surface area contributed by atoms with E-state index in [9.17, 15) is 9.59 Å². The van der Waals surface area contributed by atoms with Crippen molar-refractivity contribution in [3.05, 3.63) is 65.9 Å². The van der Waals surface area contributed by atoms with Crippen LogP contribution in [0.2, 0.25) is 0 Å². The van der Waals surface area contributed by atoms with Crippen molar-refractivity contribution in [3.8, 4) is 0 Å². The van der Waals surface area contributed by atoms with Crippen LogP contribution in [0.25, 0.3) is 10.9 Å². The molecule has 1 amide bonds. The largest absolute Gasteiger partial charge is 0.481 e. The van der Waals surface area contributed by atoms with Crippen LogP contribution in [0.3, 0.4) is 0 Å². The lowest BCUT2D eigenvalue weighted by atomic mass is 10.1. The first-order chi connectivity index (χ1) is 12.0. The number of carbonyl (C=O) groups excluding carboxylic acids is 1. The van der Waals surface area contributed by atoms with Gasteiger partial charge in [0.2, 0.25) is 5.91 Å². The molecule has 25 heavy (non-hydrogen) atoms. The van der Waals surface area contributed by atoms with Crippen LogP contribution >= 0.6 is 0 Å². The number of nitrogen functional groups attached to an aromatic ring is 1. The number of aromatic nitrogens is 1. The first-order valence-electron chi connectivity index (χ1n) is 7.76. The molecule has 1 aromatic heterocycles. The van der Waals surface area contributed by atoms with Gasteiger partial charge in [-0.25, -0.2) is 0 Å². The monoisotopic (exact) mass is 335 g/mol. The molecule has 0 saturated heterocycles. The predicted molar refractivity (Wildman–Crippen MR) is 96.3 cm³/mol. The molecule has 3 aromatic rings. The lowest BCUT2D eigenvalue weighted by molar-refractivity contribution is -0.136. The fraction of sp³-hybridized carbons (Fsp3) is 0.105. The van der Waals surface area contributed by atoms with Crippen molar-refractivity contribution in [3.63, 3.8) is 0 Å². The Morgan fingerprint density at radius 2 is 1.76 bits per heavy atom. The second kappa shape index (κ2) is 7.00. The number of fused-ring (bicyclic) bond motifs is 1. The molecule has 0 atom stereocenters. The van der Waals surface area contributed by atoms with Crippen LogP contribution in [0.5, 0.6) is 0 Å². The molecule has 0 bridgehead atoms. The molecule has 1 heterocycles. The summed E-state index contributed by atoms with van der Waals surface area (Å²) < 4.78 is 0. The number of hydrogen-bond donors (Lipinski definition) is 3. The number of anilines is 2. The molecule has 0 fully saturated rings. The minimum absolute atomic E-state index is 0.0450. The highest BCUT2D eigenvalue weighted by Gasteiger charge is 2.08. The third kappa shape index (κ3) is 4.11. The smallest absolute Gasteiger partial charge is 0.307 e. The molecule has 0 aliphatic heterocycles. The summed E-state index contributed by atoms with van der Waals surface area (Å²) in [6, 6.07) is 16.0. The van der Waals surface area contributed by atoms with E-state index < -0.39 is 5.97 Å². The Balaban J connectivity index is 1.68. The summed E-state index contributed by atoms with van der Waals surface area (Å²) in [7, 11) is 0. The number of pyridine rings is 1. The third-order valence-corrected chi connectivity index (χ3v) is 3.74. The van der Waals surface area contributed by atoms with Gasteiger partial charge in [-0.2, -0.15) is 0 Å². The summed E-state index contributed by atoms with van der Waals surface area (Å²) in [6.45, 7) is 0. The van der Waals surface area contributed by atoms with Gasteiger partial charge in [0, 0.05) is 11.1 Å². The molecule has 2 aromatic carbocycles. The minimum Gasteiger partial charge on any atom is -0.481 e. The Morgan fingerprint density at radius 3 is 2.48 bits per heavy atom. The zero-order valence-electron chi connectivity index (χ0n) is 13.4. The van der Waals surface area contributed by atoms with Gasteiger partial charge in [-0.3, -0.25) is 14.6 Å². The maximum atomic E-state index is 12.2. The Labute approximate surface area is 144 Å². The average Bonchev–Trinajstić information content (AvgIpc) is 2.57. The van der Waals surface area contributed by atoms with Gasteiger partial charge in [0.25, 0.3) is 0 Å². The van der Waals surface area contributed by atoms with Gasteiger partial charge in [-0.05, 0) is 29.8 Å². The Bertz CT molecular complexity index is 936. The molecule has 0 spiro atoms. The summed E-state index contributed by atoms with van der Waals surface area (Å²) in [5, 5.41) is 12.5. The zero-order chi connectivity index (χ0) is 17.8.